The van der Waals surface area contributed by atoms with Crippen molar-refractivity contribution in [2.45, 2.75) is 39.0 Å². The lowest BCUT2D eigenvalue weighted by Gasteiger charge is -2.17. The Morgan fingerprint density at radius 2 is 2.05 bits per heavy atom. The van der Waals surface area contributed by atoms with E-state index in [1.807, 2.05) is 6.07 Å². The minimum absolute atomic E-state index is 0.543. The number of hydrogen-bond acceptors (Lipinski definition) is 5. The predicted octanol–water partition coefficient (Wildman–Crippen LogP) is 2.51. The molecule has 1 aromatic heterocycles. The first-order chi connectivity index (χ1) is 9.76. The van der Waals surface area contributed by atoms with E-state index in [2.05, 4.69) is 34.0 Å². The number of rotatable bonds is 9. The molecule has 1 fully saturated rings. The lowest BCUT2D eigenvalue weighted by Crippen LogP contribution is -2.25. The Hall–Kier alpha value is -1.36. The van der Waals surface area contributed by atoms with Crippen LogP contribution >= 0.6 is 0 Å². The molecule has 1 aliphatic rings. The van der Waals surface area contributed by atoms with Crippen LogP contribution in [0, 0.1) is 0 Å². The van der Waals surface area contributed by atoms with Gasteiger partial charge in [0.15, 0.2) is 0 Å². The zero-order valence-corrected chi connectivity index (χ0v) is 12.9. The first kappa shape index (κ1) is 15.0. The van der Waals surface area contributed by atoms with Crippen LogP contribution in [0.25, 0.3) is 0 Å². The maximum Gasteiger partial charge on any atom is 0.218 e. The van der Waals surface area contributed by atoms with Crippen molar-refractivity contribution in [2.75, 3.05) is 38.6 Å². The molecule has 1 N–H and O–H groups in total. The zero-order valence-electron chi connectivity index (χ0n) is 12.9. The van der Waals surface area contributed by atoms with E-state index in [-0.39, 0.29) is 0 Å². The molecule has 0 unspecified atom stereocenters. The molecule has 1 aromatic rings. The van der Waals surface area contributed by atoms with E-state index >= 15 is 0 Å². The van der Waals surface area contributed by atoms with Crippen LogP contribution in [0.3, 0.4) is 0 Å². The van der Waals surface area contributed by atoms with Crippen molar-refractivity contribution in [3.05, 3.63) is 11.9 Å². The molecule has 0 amide bonds. The molecule has 0 atom stereocenters. The highest BCUT2D eigenvalue weighted by Crippen LogP contribution is 2.39. The van der Waals surface area contributed by atoms with Gasteiger partial charge in [0.2, 0.25) is 5.88 Å². The monoisotopic (exact) mass is 278 g/mol. The van der Waals surface area contributed by atoms with Crippen LogP contribution in [-0.4, -0.2) is 48.2 Å². The van der Waals surface area contributed by atoms with Crippen LogP contribution in [0.1, 0.15) is 44.9 Å². The molecule has 112 valence electrons. The molecule has 0 radical (unpaired) electrons. The van der Waals surface area contributed by atoms with E-state index in [0.29, 0.717) is 11.8 Å². The van der Waals surface area contributed by atoms with E-state index in [9.17, 15) is 0 Å². The van der Waals surface area contributed by atoms with Crippen LogP contribution < -0.4 is 10.1 Å². The second kappa shape index (κ2) is 7.43. The molecular weight excluding hydrogens is 252 g/mol. The smallest absolute Gasteiger partial charge is 0.218 e. The Labute approximate surface area is 121 Å². The fourth-order valence-corrected chi connectivity index (χ4v) is 2.22. The van der Waals surface area contributed by atoms with Crippen LogP contribution in [-0.2, 0) is 0 Å². The molecule has 1 aliphatic carbocycles. The predicted molar refractivity (Wildman–Crippen MR) is 81.5 cm³/mol. The largest absolute Gasteiger partial charge is 0.481 e. The Balaban J connectivity index is 1.84. The Bertz CT molecular complexity index is 416. The van der Waals surface area contributed by atoms with E-state index in [1.54, 1.807) is 7.11 Å². The van der Waals surface area contributed by atoms with Crippen molar-refractivity contribution >= 4 is 5.82 Å². The third-order valence-electron chi connectivity index (χ3n) is 3.72. The summed E-state index contributed by atoms with van der Waals surface area (Å²) in [7, 11) is 1.66. The van der Waals surface area contributed by atoms with Gasteiger partial charge in [0.25, 0.3) is 0 Å². The van der Waals surface area contributed by atoms with Gasteiger partial charge in [-0.05, 0) is 38.9 Å². The van der Waals surface area contributed by atoms with Crippen molar-refractivity contribution in [2.24, 2.45) is 0 Å². The van der Waals surface area contributed by atoms with E-state index in [1.165, 1.54) is 12.8 Å². The number of ether oxygens (including phenoxy) is 1. The average Bonchev–Trinajstić information content (AvgIpc) is 3.32. The van der Waals surface area contributed by atoms with Gasteiger partial charge in [0, 0.05) is 18.5 Å². The minimum atomic E-state index is 0.543. The van der Waals surface area contributed by atoms with Gasteiger partial charge in [0.1, 0.15) is 11.6 Å². The fraction of sp³-hybridized carbons (Fsp3) is 0.733. The van der Waals surface area contributed by atoms with Gasteiger partial charge in [-0.2, -0.15) is 4.98 Å². The summed E-state index contributed by atoms with van der Waals surface area (Å²) in [6.45, 7) is 8.69. The number of methoxy groups -OCH3 is 1. The zero-order chi connectivity index (χ0) is 14.4. The van der Waals surface area contributed by atoms with Crippen molar-refractivity contribution in [3.63, 3.8) is 0 Å². The van der Waals surface area contributed by atoms with Gasteiger partial charge in [-0.15, -0.1) is 0 Å². The van der Waals surface area contributed by atoms with Crippen molar-refractivity contribution in [3.8, 4) is 5.88 Å². The second-order valence-corrected chi connectivity index (χ2v) is 5.24. The van der Waals surface area contributed by atoms with E-state index in [4.69, 9.17) is 4.74 Å². The van der Waals surface area contributed by atoms with Crippen LogP contribution in [0.15, 0.2) is 6.07 Å². The minimum Gasteiger partial charge on any atom is -0.481 e. The van der Waals surface area contributed by atoms with Crippen LogP contribution in [0.4, 0.5) is 5.82 Å². The summed E-state index contributed by atoms with van der Waals surface area (Å²) in [5.41, 5.74) is 0. The number of nitrogens with zero attached hydrogens (tertiary/aromatic N) is 3. The number of hydrogen-bond donors (Lipinski definition) is 1. The van der Waals surface area contributed by atoms with Crippen LogP contribution in [0.5, 0.6) is 5.88 Å². The van der Waals surface area contributed by atoms with Gasteiger partial charge >= 0.3 is 0 Å². The van der Waals surface area contributed by atoms with Gasteiger partial charge in [-0.1, -0.05) is 13.8 Å². The van der Waals surface area contributed by atoms with E-state index in [0.717, 1.165) is 44.2 Å². The SMILES string of the molecule is CCN(CC)CCCNc1cc(OC)nc(C2CC2)n1. The number of nitrogens with one attached hydrogen (secondary N) is 1. The third-order valence-corrected chi connectivity index (χ3v) is 3.72. The molecule has 0 aliphatic heterocycles. The fourth-order valence-electron chi connectivity index (χ4n) is 2.22. The first-order valence-electron chi connectivity index (χ1n) is 7.66. The van der Waals surface area contributed by atoms with Gasteiger partial charge in [-0.3, -0.25) is 0 Å². The van der Waals surface area contributed by atoms with E-state index < -0.39 is 0 Å². The highest BCUT2D eigenvalue weighted by Gasteiger charge is 2.27. The first-order valence-corrected chi connectivity index (χ1v) is 7.66. The molecule has 0 aromatic carbocycles. The summed E-state index contributed by atoms with van der Waals surface area (Å²) in [4.78, 5) is 11.4. The number of aromatic nitrogens is 2. The van der Waals surface area contributed by atoms with Gasteiger partial charge in [0.05, 0.1) is 7.11 Å². The third kappa shape index (κ3) is 4.34. The molecule has 20 heavy (non-hydrogen) atoms. The molecule has 1 heterocycles. The summed E-state index contributed by atoms with van der Waals surface area (Å²) in [5.74, 6) is 3.02. The lowest BCUT2D eigenvalue weighted by atomic mass is 10.3. The summed E-state index contributed by atoms with van der Waals surface area (Å²) in [5, 5.41) is 3.39. The number of anilines is 1. The summed E-state index contributed by atoms with van der Waals surface area (Å²) in [6.07, 6.45) is 3.52. The molecule has 0 saturated heterocycles. The molecule has 1 saturated carbocycles. The normalized spacial score (nSPS) is 14.6. The summed E-state index contributed by atoms with van der Waals surface area (Å²) < 4.78 is 5.25. The molecule has 5 heteroatoms. The summed E-state index contributed by atoms with van der Waals surface area (Å²) >= 11 is 0. The molecule has 0 spiro atoms. The van der Waals surface area contributed by atoms with Gasteiger partial charge in [-0.25, -0.2) is 4.98 Å². The Kier molecular flexibility index (Phi) is 5.59. The standard InChI is InChI=1S/C15H26N4O/c1-4-19(5-2)10-6-9-16-13-11-14(20-3)18-15(17-13)12-7-8-12/h11-12H,4-10H2,1-3H3,(H,16,17,18). The topological polar surface area (TPSA) is 50.3 Å². The molecule has 5 nitrogen and oxygen atoms in total. The highest BCUT2D eigenvalue weighted by molar-refractivity contribution is 5.39. The molecular formula is C15H26N4O. The second-order valence-electron chi connectivity index (χ2n) is 5.24. The molecule has 2 rings (SSSR count). The quantitative estimate of drug-likeness (QED) is 0.703. The van der Waals surface area contributed by atoms with Crippen molar-refractivity contribution < 1.29 is 4.74 Å². The highest BCUT2D eigenvalue weighted by atomic mass is 16.5. The molecule has 0 bridgehead atoms. The Morgan fingerprint density at radius 1 is 1.30 bits per heavy atom. The average molecular weight is 278 g/mol. The van der Waals surface area contributed by atoms with Gasteiger partial charge < -0.3 is 15.0 Å². The van der Waals surface area contributed by atoms with Crippen molar-refractivity contribution in [1.82, 2.24) is 14.9 Å². The summed E-state index contributed by atoms with van der Waals surface area (Å²) in [6, 6.07) is 1.88. The van der Waals surface area contributed by atoms with Crippen LogP contribution in [0.2, 0.25) is 0 Å². The maximum atomic E-state index is 5.25. The lowest BCUT2D eigenvalue weighted by molar-refractivity contribution is 0.303. The Morgan fingerprint density at radius 3 is 2.65 bits per heavy atom. The van der Waals surface area contributed by atoms with Crippen molar-refractivity contribution in [1.29, 1.82) is 0 Å². The maximum absolute atomic E-state index is 5.25.